The molecule has 2 heterocycles. The minimum atomic E-state index is -0.542. The van der Waals surface area contributed by atoms with Gasteiger partial charge in [-0.1, -0.05) is 0 Å². The van der Waals surface area contributed by atoms with Crippen molar-refractivity contribution in [2.75, 3.05) is 13.1 Å². The van der Waals surface area contributed by atoms with Crippen molar-refractivity contribution in [2.24, 2.45) is 5.73 Å². The summed E-state index contributed by atoms with van der Waals surface area (Å²) in [5.74, 6) is -0.422. The van der Waals surface area contributed by atoms with Crippen LogP contribution in [0.5, 0.6) is 0 Å². The van der Waals surface area contributed by atoms with Crippen molar-refractivity contribution in [3.8, 4) is 0 Å². The molecule has 0 spiro atoms. The maximum absolute atomic E-state index is 13.2. The first-order valence-corrected chi connectivity index (χ1v) is 7.00. The number of hydrogen-bond acceptors (Lipinski definition) is 4. The van der Waals surface area contributed by atoms with Crippen LogP contribution in [-0.2, 0) is 6.54 Å². The van der Waals surface area contributed by atoms with Crippen LogP contribution in [0.3, 0.4) is 0 Å². The molecule has 112 valence electrons. The molecule has 0 radical (unpaired) electrons. The summed E-state index contributed by atoms with van der Waals surface area (Å²) in [6.45, 7) is 1.80. The van der Waals surface area contributed by atoms with E-state index in [9.17, 15) is 14.3 Å². The van der Waals surface area contributed by atoms with Crippen molar-refractivity contribution in [3.63, 3.8) is 0 Å². The summed E-state index contributed by atoms with van der Waals surface area (Å²) in [7, 11) is 0. The van der Waals surface area contributed by atoms with Gasteiger partial charge in [-0.2, -0.15) is 0 Å². The van der Waals surface area contributed by atoms with Crippen LogP contribution in [0.25, 0.3) is 10.9 Å². The number of benzene rings is 1. The minimum Gasteiger partial charge on any atom is -0.390 e. The zero-order chi connectivity index (χ0) is 15.0. The molecule has 5 nitrogen and oxygen atoms in total. The normalized spacial score (nSPS) is 23.6. The first-order valence-electron chi connectivity index (χ1n) is 7.00. The first-order chi connectivity index (χ1) is 10.0. The molecule has 1 aromatic carbocycles. The number of pyridine rings is 1. The molecule has 1 aromatic heterocycles. The van der Waals surface area contributed by atoms with E-state index in [-0.39, 0.29) is 11.5 Å². The fraction of sp³-hybridized carbons (Fsp3) is 0.400. The van der Waals surface area contributed by atoms with Gasteiger partial charge in [0.05, 0.1) is 6.10 Å². The molecule has 6 heteroatoms. The van der Waals surface area contributed by atoms with Crippen LogP contribution < -0.4 is 11.2 Å². The Morgan fingerprint density at radius 3 is 3.00 bits per heavy atom. The van der Waals surface area contributed by atoms with E-state index in [2.05, 4.69) is 9.88 Å². The number of aliphatic hydroxyl groups is 1. The van der Waals surface area contributed by atoms with Crippen molar-refractivity contribution in [3.05, 3.63) is 46.0 Å². The maximum atomic E-state index is 13.2. The number of aromatic nitrogens is 1. The third-order valence-electron chi connectivity index (χ3n) is 3.96. The molecule has 1 aliphatic heterocycles. The monoisotopic (exact) mass is 291 g/mol. The number of likely N-dealkylation sites (tertiary alicyclic amines) is 1. The van der Waals surface area contributed by atoms with E-state index in [1.165, 1.54) is 18.2 Å². The van der Waals surface area contributed by atoms with Crippen molar-refractivity contribution in [1.29, 1.82) is 0 Å². The summed E-state index contributed by atoms with van der Waals surface area (Å²) in [5, 5.41) is 10.1. The zero-order valence-corrected chi connectivity index (χ0v) is 11.6. The number of H-pyrrole nitrogens is 1. The van der Waals surface area contributed by atoms with Gasteiger partial charge in [0.1, 0.15) is 5.82 Å². The largest absolute Gasteiger partial charge is 0.390 e. The summed E-state index contributed by atoms with van der Waals surface area (Å²) >= 11 is 0. The van der Waals surface area contributed by atoms with Gasteiger partial charge in [0.15, 0.2) is 5.43 Å². The lowest BCUT2D eigenvalue weighted by atomic mass is 10.0. The molecule has 0 aliphatic carbocycles. The number of piperidine rings is 1. The molecule has 1 saturated heterocycles. The molecular weight excluding hydrogens is 273 g/mol. The lowest BCUT2D eigenvalue weighted by molar-refractivity contribution is 0.0494. The topological polar surface area (TPSA) is 82.3 Å². The molecule has 0 bridgehead atoms. The molecular formula is C15H18FN3O2. The standard InChI is InChI=1S/C15H18FN3O2/c16-9-1-2-13-11(5-9)14(20)6-10(18-13)7-19-4-3-12(17)15(21)8-19/h1-2,5-6,12,15,21H,3-4,7-8,17H2,(H,18,20)/t12-,15-/m1/s1. The summed E-state index contributed by atoms with van der Waals surface area (Å²) < 4.78 is 13.2. The van der Waals surface area contributed by atoms with Crippen LogP contribution in [0.4, 0.5) is 4.39 Å². The Hall–Kier alpha value is -1.76. The average Bonchev–Trinajstić information content (AvgIpc) is 2.44. The molecule has 21 heavy (non-hydrogen) atoms. The second-order valence-corrected chi connectivity index (χ2v) is 5.60. The zero-order valence-electron chi connectivity index (χ0n) is 11.6. The number of rotatable bonds is 2. The molecule has 4 N–H and O–H groups in total. The SMILES string of the molecule is N[C@@H]1CCN(Cc2cc(=O)c3cc(F)ccc3[nH]2)C[C@H]1O. The predicted octanol–water partition coefficient (Wildman–Crippen LogP) is 0.561. The van der Waals surface area contributed by atoms with Crippen LogP contribution in [0.2, 0.25) is 0 Å². The molecule has 2 atom stereocenters. The Bertz CT molecular complexity index is 716. The van der Waals surface area contributed by atoms with E-state index >= 15 is 0 Å². The molecule has 0 saturated carbocycles. The van der Waals surface area contributed by atoms with E-state index < -0.39 is 11.9 Å². The second kappa shape index (κ2) is 5.55. The Balaban J connectivity index is 1.85. The molecule has 0 unspecified atom stereocenters. The van der Waals surface area contributed by atoms with E-state index in [1.54, 1.807) is 6.07 Å². The van der Waals surface area contributed by atoms with Crippen molar-refractivity contribution in [2.45, 2.75) is 25.1 Å². The van der Waals surface area contributed by atoms with Gasteiger partial charge in [0.2, 0.25) is 0 Å². The van der Waals surface area contributed by atoms with Crippen LogP contribution in [0, 0.1) is 5.82 Å². The number of fused-ring (bicyclic) bond motifs is 1. The van der Waals surface area contributed by atoms with E-state index in [0.717, 1.165) is 18.7 Å². The highest BCUT2D eigenvalue weighted by Crippen LogP contribution is 2.14. The Morgan fingerprint density at radius 2 is 2.24 bits per heavy atom. The summed E-state index contributed by atoms with van der Waals surface area (Å²) in [6.07, 6.45) is 0.185. The minimum absolute atomic E-state index is 0.181. The van der Waals surface area contributed by atoms with Gasteiger partial charge in [0, 0.05) is 48.3 Å². The number of nitrogens with one attached hydrogen (secondary N) is 1. The number of hydrogen-bond donors (Lipinski definition) is 3. The summed E-state index contributed by atoms with van der Waals surface area (Å²) in [5.41, 5.74) is 6.95. The number of aromatic amines is 1. The summed E-state index contributed by atoms with van der Waals surface area (Å²) in [4.78, 5) is 17.2. The third kappa shape index (κ3) is 2.97. The average molecular weight is 291 g/mol. The lowest BCUT2D eigenvalue weighted by Crippen LogP contribution is -2.50. The number of halogens is 1. The highest BCUT2D eigenvalue weighted by Gasteiger charge is 2.24. The molecule has 0 amide bonds. The highest BCUT2D eigenvalue weighted by atomic mass is 19.1. The third-order valence-corrected chi connectivity index (χ3v) is 3.96. The van der Waals surface area contributed by atoms with Crippen LogP contribution in [0.15, 0.2) is 29.1 Å². The van der Waals surface area contributed by atoms with E-state index in [1.807, 2.05) is 0 Å². The number of aliphatic hydroxyl groups excluding tert-OH is 1. The van der Waals surface area contributed by atoms with Gasteiger partial charge in [-0.3, -0.25) is 9.69 Å². The fourth-order valence-corrected chi connectivity index (χ4v) is 2.76. The van der Waals surface area contributed by atoms with Gasteiger partial charge in [0.25, 0.3) is 0 Å². The van der Waals surface area contributed by atoms with Crippen LogP contribution >= 0.6 is 0 Å². The van der Waals surface area contributed by atoms with E-state index in [4.69, 9.17) is 5.73 Å². The Labute approximate surface area is 121 Å². The lowest BCUT2D eigenvalue weighted by Gasteiger charge is -2.33. The van der Waals surface area contributed by atoms with Crippen LogP contribution in [-0.4, -0.2) is 40.2 Å². The Morgan fingerprint density at radius 1 is 1.43 bits per heavy atom. The van der Waals surface area contributed by atoms with Crippen molar-refractivity contribution in [1.82, 2.24) is 9.88 Å². The molecule has 2 aromatic rings. The highest BCUT2D eigenvalue weighted by molar-refractivity contribution is 5.78. The predicted molar refractivity (Wildman–Crippen MR) is 78.4 cm³/mol. The van der Waals surface area contributed by atoms with Crippen LogP contribution in [0.1, 0.15) is 12.1 Å². The van der Waals surface area contributed by atoms with E-state index in [0.29, 0.717) is 24.0 Å². The number of nitrogens with zero attached hydrogens (tertiary/aromatic N) is 1. The van der Waals surface area contributed by atoms with Crippen molar-refractivity contribution >= 4 is 10.9 Å². The van der Waals surface area contributed by atoms with Gasteiger partial charge in [-0.05, 0) is 24.6 Å². The van der Waals surface area contributed by atoms with Crippen molar-refractivity contribution < 1.29 is 9.50 Å². The van der Waals surface area contributed by atoms with Gasteiger partial charge in [-0.25, -0.2) is 4.39 Å². The van der Waals surface area contributed by atoms with Gasteiger partial charge >= 0.3 is 0 Å². The number of β-amino-alcohol motifs (C(OH)–C–C–N with tert-alkyl or cyclic N) is 1. The molecule has 1 aliphatic rings. The molecule has 3 rings (SSSR count). The number of nitrogens with two attached hydrogens (primary N) is 1. The second-order valence-electron chi connectivity index (χ2n) is 5.60. The Kier molecular flexibility index (Phi) is 3.75. The maximum Gasteiger partial charge on any atom is 0.189 e. The van der Waals surface area contributed by atoms with Gasteiger partial charge in [-0.15, -0.1) is 0 Å². The smallest absolute Gasteiger partial charge is 0.189 e. The fourth-order valence-electron chi connectivity index (χ4n) is 2.76. The molecule has 1 fully saturated rings. The first kappa shape index (κ1) is 14.2. The quantitative estimate of drug-likeness (QED) is 0.755. The summed E-state index contributed by atoms with van der Waals surface area (Å²) in [6, 6.07) is 5.44. The van der Waals surface area contributed by atoms with Gasteiger partial charge < -0.3 is 15.8 Å².